The Morgan fingerprint density at radius 1 is 0.110 bits per heavy atom. The third kappa shape index (κ3) is 104. The molecule has 0 atom stereocenters. The molecular weight excluding hydrogens is 2000 g/mol. The van der Waals surface area contributed by atoms with Gasteiger partial charge in [-0.2, -0.15) is 0 Å². The van der Waals surface area contributed by atoms with Gasteiger partial charge in [-0.1, -0.05) is 752 Å². The molecule has 870 valence electrons. The van der Waals surface area contributed by atoms with Crippen LogP contribution in [-0.2, 0) is 76.9 Å². The molecule has 0 N–H and O–H groups in total. The summed E-state index contributed by atoms with van der Waals surface area (Å²) in [7, 11) is -4.18. The summed E-state index contributed by atoms with van der Waals surface area (Å²) >= 11 is 13.9. The molecule has 0 fully saturated rings. The Balaban J connectivity index is -0.00000136. The Bertz CT molecular complexity index is 2240. The van der Waals surface area contributed by atoms with Gasteiger partial charge in [0.2, 0.25) is 0 Å². The molecule has 0 aromatic carbocycles. The topological polar surface area (TPSA) is 18.5 Å². The van der Waals surface area contributed by atoms with Gasteiger partial charge in [0, 0.05) is 0 Å². The number of unbranched alkanes of at least 4 members (excludes halogenated alkanes) is 105. The minimum absolute atomic E-state index is 0. The van der Waals surface area contributed by atoms with Crippen LogP contribution in [0.3, 0.4) is 0 Å². The summed E-state index contributed by atoms with van der Waals surface area (Å²) < 4.78 is 16.8. The van der Waals surface area contributed by atoms with Gasteiger partial charge < -0.3 is 34.7 Å². The van der Waals surface area contributed by atoms with Crippen molar-refractivity contribution in [1.82, 2.24) is 0 Å². The summed E-state index contributed by atoms with van der Waals surface area (Å²) in [6, 6.07) is 0. The van der Waals surface area contributed by atoms with E-state index in [4.69, 9.17) is 34.7 Å². The van der Waals surface area contributed by atoms with Crippen molar-refractivity contribution in [2.24, 2.45) is 0 Å². The molecule has 0 amide bonds. The molecule has 0 bridgehead atoms. The smallest absolute Gasteiger partial charge is 0.726 e. The Kier molecular flexibility index (Phi) is 136. The van der Waals surface area contributed by atoms with Crippen molar-refractivity contribution < 1.29 is 51.6 Å². The van der Waals surface area contributed by atoms with Gasteiger partial charge in [0.25, 0.3) is 0 Å². The van der Waals surface area contributed by atoms with Crippen LogP contribution in [0.2, 0.25) is 0 Å². The van der Waals surface area contributed by atoms with Crippen LogP contribution in [0.25, 0.3) is 0 Å². The Morgan fingerprint density at radius 2 is 0.179 bits per heavy atom. The van der Waals surface area contributed by atoms with Gasteiger partial charge in [-0.05, 0) is 110 Å². The van der Waals surface area contributed by atoms with Crippen molar-refractivity contribution in [3.05, 3.63) is 0 Å². The van der Waals surface area contributed by atoms with Gasteiger partial charge in [-0.25, -0.2) is 17.5 Å². The molecule has 8 heteroatoms. The quantitative estimate of drug-likeness (QED) is 0.0261. The zero-order chi connectivity index (χ0) is 104. The second-order valence-corrected chi connectivity index (χ2v) is 61.0. The molecule has 0 aliphatic carbocycles. The Labute approximate surface area is 961 Å². The van der Waals surface area contributed by atoms with E-state index in [1.54, 1.807) is 0 Å². The normalized spacial score (nSPS) is 12.4. The summed E-state index contributed by atoms with van der Waals surface area (Å²) in [5.41, 5.74) is 0. The zero-order valence-corrected chi connectivity index (χ0v) is 110. The standard InChI is InChI=1S/C71H146OS2.C66H136OS2.2Mo/c1-6-11-16-21-26-31-36-41-46-51-56-61-66-72-71(73)74(67-62-57-52-47-42-37-32-27-22-17-12-7-2,68-63-58-53-48-43-38-33-28-23-18-13-8-3,69-64-59-54-49-44-39-34-29-24-19-14-9-4)70-65-60-55-50-45-40-35-30-25-20-15-10-5;1-6-11-16-21-26-31-36-41-46-51-56-61-67-66(68)69(62-57-52-47-42-37-32-27-22-17-12-7-2,63-58-53-48-43-38-33-28-23-18-13-8-3,64-59-54-49-44-39-34-29-24-19-14-9-4)65-60-55-50-45-40-35-30-25-20-15-10-5;;/h73H,6-70H2,1-5H3;68H,6-65H2,1-5H3;;/q;;2*+4/p-2. The first-order valence-electron chi connectivity index (χ1n) is 68.7. The van der Waals surface area contributed by atoms with Crippen molar-refractivity contribution in [3.63, 3.8) is 0 Å². The van der Waals surface area contributed by atoms with Gasteiger partial charge in [0.1, 0.15) is 0 Å². The molecule has 0 spiro atoms. The molecule has 0 aromatic rings. The summed E-state index contributed by atoms with van der Waals surface area (Å²) in [5, 5.41) is 0. The van der Waals surface area contributed by atoms with Gasteiger partial charge in [0.15, 0.2) is 0 Å². The maximum absolute atomic E-state index is 7.21. The van der Waals surface area contributed by atoms with Crippen LogP contribution in [0.4, 0.5) is 0 Å². The maximum Gasteiger partial charge on any atom is 4.00 e. The minimum Gasteiger partial charge on any atom is -0.726 e. The van der Waals surface area contributed by atoms with E-state index in [0.29, 0.717) is 0 Å². The van der Waals surface area contributed by atoms with E-state index in [9.17, 15) is 0 Å². The van der Waals surface area contributed by atoms with E-state index in [1.807, 2.05) is 0 Å². The summed E-state index contributed by atoms with van der Waals surface area (Å²) in [6.07, 6.45) is 164. The first-order valence-corrected chi connectivity index (χ1v) is 74.9. The Hall–Kier alpha value is 2.44. The van der Waals surface area contributed by atoms with E-state index in [2.05, 4.69) is 69.2 Å². The van der Waals surface area contributed by atoms with Gasteiger partial charge in [-0.3, -0.25) is 0 Å². The average Bonchev–Trinajstić information content (AvgIpc) is 0.750. The zero-order valence-electron chi connectivity index (χ0n) is 103. The molecule has 2 nitrogen and oxygen atoms in total. The molecular formula is C137H280Mo2O2S4+6. The van der Waals surface area contributed by atoms with E-state index in [1.165, 1.54) is 793 Å². The van der Waals surface area contributed by atoms with E-state index in [0.717, 1.165) is 13.2 Å². The molecule has 0 aromatic heterocycles. The number of hydrogen-bond donors (Lipinski definition) is 0. The molecule has 0 unspecified atom stereocenters. The fourth-order valence-electron chi connectivity index (χ4n) is 24.1. The van der Waals surface area contributed by atoms with Crippen molar-refractivity contribution in [2.75, 3.05) is 59.2 Å². The molecule has 0 saturated carbocycles. The van der Waals surface area contributed by atoms with E-state index in [-0.39, 0.29) is 42.1 Å². The molecule has 145 heavy (non-hydrogen) atoms. The van der Waals surface area contributed by atoms with E-state index < -0.39 is 17.5 Å². The van der Waals surface area contributed by atoms with Crippen LogP contribution < -0.4 is 0 Å². The third-order valence-corrected chi connectivity index (χ3v) is 50.4. The minimum atomic E-state index is -2.10. The number of hydrogen-bond acceptors (Lipinski definition) is 4. The van der Waals surface area contributed by atoms with Crippen LogP contribution in [0, 0.1) is 0 Å². The number of ether oxygens (including phenoxy) is 2. The molecule has 0 heterocycles. The molecule has 0 aliphatic rings. The van der Waals surface area contributed by atoms with Gasteiger partial charge in [0.05, 0.1) is 13.2 Å². The summed E-state index contributed by atoms with van der Waals surface area (Å²) in [5.74, 6) is 11.2. The van der Waals surface area contributed by atoms with Crippen LogP contribution in [0.1, 0.15) is 808 Å². The first kappa shape index (κ1) is 154. The SMILES string of the molecule is CCCCCCCCCCCCCCOC([S-])=S(CCCCCCCCCCCCCC)(CCCCCCCCCCCCCC)(CCCCCCCCCCCCCC)CCCCCCCCCCCCCC.CCCCCCCCCCCCCOC([S-])=S(CCCCCCCCCCCCC)(CCCCCCCCCCCCC)(CCCCCCCCCCCCC)CCCCCCCCCCCCC.[Mo+4].[Mo+4]. The Morgan fingerprint density at radius 3 is 0.262 bits per heavy atom. The van der Waals surface area contributed by atoms with Crippen molar-refractivity contribution in [3.8, 4) is 0 Å². The summed E-state index contributed by atoms with van der Waals surface area (Å²) in [4.78, 5) is 0. The van der Waals surface area contributed by atoms with E-state index >= 15 is 0 Å². The maximum atomic E-state index is 7.21. The second kappa shape index (κ2) is 128. The monoisotopic (exact) mass is 2280 g/mol. The van der Waals surface area contributed by atoms with Gasteiger partial charge in [-0.15, -0.1) is 0 Å². The fourth-order valence-corrected chi connectivity index (χ4v) is 38.6. The average molecular weight is 2280 g/mol. The number of rotatable bonds is 125. The molecule has 0 aliphatic heterocycles. The van der Waals surface area contributed by atoms with Crippen molar-refractivity contribution in [1.29, 1.82) is 0 Å². The fraction of sp³-hybridized carbons (Fsp3) is 0.985. The molecule has 0 radical (unpaired) electrons. The van der Waals surface area contributed by atoms with Crippen molar-refractivity contribution in [2.45, 2.75) is 808 Å². The predicted molar refractivity (Wildman–Crippen MR) is 678 cm³/mol. The largest absolute Gasteiger partial charge is 4.00 e. The molecule has 0 saturated heterocycles. The van der Waals surface area contributed by atoms with Crippen molar-refractivity contribution >= 4 is 51.5 Å². The first-order chi connectivity index (χ1) is 70.6. The second-order valence-electron chi connectivity index (χ2n) is 48.6. The van der Waals surface area contributed by atoms with Crippen LogP contribution in [0.15, 0.2) is 0 Å². The van der Waals surface area contributed by atoms with Crippen LogP contribution >= 0.6 is 17.5 Å². The third-order valence-electron chi connectivity index (χ3n) is 34.4. The van der Waals surface area contributed by atoms with Crippen LogP contribution in [0.5, 0.6) is 0 Å². The molecule has 0 rings (SSSR count). The van der Waals surface area contributed by atoms with Gasteiger partial charge >= 0.3 is 42.1 Å². The van der Waals surface area contributed by atoms with Crippen LogP contribution in [-0.4, -0.2) is 68.0 Å². The predicted octanol–water partition coefficient (Wildman–Crippen LogP) is 51.0. The summed E-state index contributed by atoms with van der Waals surface area (Å²) in [6.45, 7) is 25.2.